The molecular formula is C22H32FN3O6. The zero-order valence-corrected chi connectivity index (χ0v) is 19.5. The predicted octanol–water partition coefficient (Wildman–Crippen LogP) is 2.85. The van der Waals surface area contributed by atoms with E-state index in [1.165, 1.54) is 32.2 Å². The fraction of sp³-hybridized carbons (Fsp3) is 0.545. The van der Waals surface area contributed by atoms with Crippen molar-refractivity contribution in [1.82, 2.24) is 10.6 Å². The predicted molar refractivity (Wildman–Crippen MR) is 117 cm³/mol. The molecule has 3 atom stereocenters. The van der Waals surface area contributed by atoms with Crippen LogP contribution in [0, 0.1) is 5.82 Å². The molecule has 9 nitrogen and oxygen atoms in total. The second-order valence-electron chi connectivity index (χ2n) is 8.31. The van der Waals surface area contributed by atoms with Crippen LogP contribution >= 0.6 is 0 Å². The van der Waals surface area contributed by atoms with E-state index in [0.29, 0.717) is 5.56 Å². The lowest BCUT2D eigenvalue weighted by Gasteiger charge is -2.24. The van der Waals surface area contributed by atoms with Crippen LogP contribution in [-0.2, 0) is 23.9 Å². The van der Waals surface area contributed by atoms with Gasteiger partial charge in [0, 0.05) is 12.3 Å². The molecule has 0 aromatic heterocycles. The van der Waals surface area contributed by atoms with Crippen molar-refractivity contribution in [3.63, 3.8) is 0 Å². The van der Waals surface area contributed by atoms with E-state index in [4.69, 9.17) is 9.47 Å². The van der Waals surface area contributed by atoms with Gasteiger partial charge < -0.3 is 25.4 Å². The first kappa shape index (κ1) is 26.9. The van der Waals surface area contributed by atoms with Crippen LogP contribution in [0.2, 0.25) is 0 Å². The minimum atomic E-state index is -0.995. The van der Waals surface area contributed by atoms with Crippen molar-refractivity contribution in [2.24, 2.45) is 0 Å². The number of nitrogens with one attached hydrogen (secondary N) is 3. The Morgan fingerprint density at radius 3 is 2.22 bits per heavy atom. The van der Waals surface area contributed by atoms with Gasteiger partial charge >= 0.3 is 12.1 Å². The first-order valence-corrected chi connectivity index (χ1v) is 10.3. The Morgan fingerprint density at radius 2 is 1.72 bits per heavy atom. The van der Waals surface area contributed by atoms with Crippen LogP contribution in [0.4, 0.5) is 14.9 Å². The topological polar surface area (TPSA) is 123 Å². The zero-order chi connectivity index (χ0) is 24.6. The molecule has 0 aliphatic heterocycles. The molecule has 0 radical (unpaired) electrons. The lowest BCUT2D eigenvalue weighted by atomic mass is 9.92. The summed E-state index contributed by atoms with van der Waals surface area (Å²) in [6.45, 7) is 9.79. The molecule has 0 bridgehead atoms. The lowest BCUT2D eigenvalue weighted by molar-refractivity contribution is -0.145. The van der Waals surface area contributed by atoms with Gasteiger partial charge in [0.1, 0.15) is 23.5 Å². The average molecular weight is 454 g/mol. The van der Waals surface area contributed by atoms with E-state index in [2.05, 4.69) is 16.0 Å². The maximum absolute atomic E-state index is 14.7. The molecule has 1 rings (SSSR count). The zero-order valence-electron chi connectivity index (χ0n) is 19.5. The highest BCUT2D eigenvalue weighted by Gasteiger charge is 2.29. The summed E-state index contributed by atoms with van der Waals surface area (Å²) in [7, 11) is 1.20. The van der Waals surface area contributed by atoms with E-state index < -0.39 is 47.4 Å². The Bertz CT molecular complexity index is 853. The van der Waals surface area contributed by atoms with Crippen LogP contribution in [0.5, 0.6) is 0 Å². The van der Waals surface area contributed by atoms with Crippen molar-refractivity contribution in [3.8, 4) is 0 Å². The van der Waals surface area contributed by atoms with Crippen LogP contribution in [0.25, 0.3) is 0 Å². The van der Waals surface area contributed by atoms with Gasteiger partial charge in [0.15, 0.2) is 0 Å². The number of hydrogen-bond acceptors (Lipinski definition) is 6. The number of carbonyl (C=O) groups is 4. The highest BCUT2D eigenvalue weighted by Crippen LogP contribution is 2.25. The Balaban J connectivity index is 2.91. The van der Waals surface area contributed by atoms with Crippen molar-refractivity contribution >= 4 is 29.6 Å². The third-order valence-corrected chi connectivity index (χ3v) is 4.50. The van der Waals surface area contributed by atoms with Crippen molar-refractivity contribution in [1.29, 1.82) is 0 Å². The fourth-order valence-corrected chi connectivity index (χ4v) is 2.69. The van der Waals surface area contributed by atoms with Gasteiger partial charge in [-0.2, -0.15) is 0 Å². The molecule has 0 spiro atoms. The van der Waals surface area contributed by atoms with E-state index in [0.717, 1.165) is 0 Å². The van der Waals surface area contributed by atoms with Crippen LogP contribution in [0.3, 0.4) is 0 Å². The highest BCUT2D eigenvalue weighted by atomic mass is 19.1. The fourth-order valence-electron chi connectivity index (χ4n) is 2.69. The molecule has 0 saturated heterocycles. The summed E-state index contributed by atoms with van der Waals surface area (Å²) in [5.41, 5.74) is -0.402. The number of alkyl carbamates (subject to hydrolysis) is 1. The van der Waals surface area contributed by atoms with E-state index in [1.807, 2.05) is 0 Å². The van der Waals surface area contributed by atoms with Crippen molar-refractivity contribution in [2.45, 2.75) is 71.6 Å². The summed E-state index contributed by atoms with van der Waals surface area (Å²) in [6.07, 6.45) is -0.595. The van der Waals surface area contributed by atoms with Crippen LogP contribution < -0.4 is 16.0 Å². The molecule has 3 amide bonds. The number of rotatable bonds is 8. The number of anilines is 1. The number of esters is 1. The molecule has 0 aliphatic carbocycles. The van der Waals surface area contributed by atoms with Crippen molar-refractivity contribution in [2.75, 3.05) is 12.4 Å². The van der Waals surface area contributed by atoms with E-state index in [1.54, 1.807) is 34.6 Å². The number of methoxy groups -OCH3 is 1. The maximum atomic E-state index is 14.7. The molecule has 1 aromatic carbocycles. The highest BCUT2D eigenvalue weighted by molar-refractivity contribution is 5.96. The third kappa shape index (κ3) is 8.16. The second-order valence-corrected chi connectivity index (χ2v) is 8.31. The largest absolute Gasteiger partial charge is 0.467 e. The summed E-state index contributed by atoms with van der Waals surface area (Å²) in [4.78, 5) is 48.0. The molecule has 32 heavy (non-hydrogen) atoms. The van der Waals surface area contributed by atoms with Gasteiger partial charge in [0.05, 0.1) is 12.8 Å². The average Bonchev–Trinajstić information content (AvgIpc) is 2.70. The molecule has 0 heterocycles. The molecule has 0 aliphatic rings. The minimum absolute atomic E-state index is 0.101. The molecule has 3 N–H and O–H groups in total. The number of hydrogen-bond donors (Lipinski definition) is 3. The molecule has 178 valence electrons. The standard InChI is InChI=1S/C22H32FN3O6/c1-8-17(27)26-18(20(29)31-7)12(2)14-9-10-16(15(23)11-14)25-19(28)13(3)24-21(30)32-22(4,5)6/h9-13,18H,8H2,1-7H3,(H,24,30)(H,25,28)(H,26,27)/t12-,13?,18+/m0/s1. The number of halogens is 1. The lowest BCUT2D eigenvalue weighted by Crippen LogP contribution is -2.44. The summed E-state index contributed by atoms with van der Waals surface area (Å²) < 4.78 is 24.5. The van der Waals surface area contributed by atoms with Gasteiger partial charge in [0.2, 0.25) is 11.8 Å². The SMILES string of the molecule is CCC(=O)N[C@@H](C(=O)OC)[C@@H](C)c1ccc(NC(=O)C(C)NC(=O)OC(C)(C)C)c(F)c1. The van der Waals surface area contributed by atoms with Crippen molar-refractivity contribution in [3.05, 3.63) is 29.6 Å². The number of carbonyl (C=O) groups excluding carboxylic acids is 4. The Kier molecular flexibility index (Phi) is 9.61. The van der Waals surface area contributed by atoms with Crippen molar-refractivity contribution < 1.29 is 33.0 Å². The van der Waals surface area contributed by atoms with Gasteiger partial charge in [-0.3, -0.25) is 9.59 Å². The smallest absolute Gasteiger partial charge is 0.408 e. The van der Waals surface area contributed by atoms with Gasteiger partial charge in [-0.1, -0.05) is 19.9 Å². The molecule has 1 aromatic rings. The van der Waals surface area contributed by atoms with Gasteiger partial charge in [-0.15, -0.1) is 0 Å². The van der Waals surface area contributed by atoms with Crippen LogP contribution in [-0.4, -0.2) is 48.7 Å². The van der Waals surface area contributed by atoms with Gasteiger partial charge in [-0.25, -0.2) is 14.0 Å². The minimum Gasteiger partial charge on any atom is -0.467 e. The summed E-state index contributed by atoms with van der Waals surface area (Å²) in [6, 6.07) is 2.07. The summed E-state index contributed by atoms with van der Waals surface area (Å²) in [5.74, 6) is -2.97. The molecule has 1 unspecified atom stereocenters. The number of benzene rings is 1. The van der Waals surface area contributed by atoms with Crippen LogP contribution in [0.1, 0.15) is 59.4 Å². The Labute approximate surface area is 187 Å². The van der Waals surface area contributed by atoms with Gasteiger partial charge in [-0.05, 0) is 45.4 Å². The molecule has 10 heteroatoms. The molecule has 0 fully saturated rings. The van der Waals surface area contributed by atoms with E-state index in [-0.39, 0.29) is 18.0 Å². The Hall–Kier alpha value is -3.17. The third-order valence-electron chi connectivity index (χ3n) is 4.50. The molecular weight excluding hydrogens is 421 g/mol. The summed E-state index contributed by atoms with van der Waals surface area (Å²) in [5, 5.41) is 7.35. The summed E-state index contributed by atoms with van der Waals surface area (Å²) >= 11 is 0. The first-order valence-electron chi connectivity index (χ1n) is 10.3. The quantitative estimate of drug-likeness (QED) is 0.520. The number of amides is 3. The monoisotopic (exact) mass is 453 g/mol. The molecule has 0 saturated carbocycles. The normalized spacial score (nSPS) is 13.9. The Morgan fingerprint density at radius 1 is 1.09 bits per heavy atom. The van der Waals surface area contributed by atoms with E-state index in [9.17, 15) is 23.6 Å². The van der Waals surface area contributed by atoms with Crippen LogP contribution in [0.15, 0.2) is 18.2 Å². The maximum Gasteiger partial charge on any atom is 0.408 e. The van der Waals surface area contributed by atoms with E-state index >= 15 is 0 Å². The second kappa shape index (κ2) is 11.4. The van der Waals surface area contributed by atoms with Gasteiger partial charge in [0.25, 0.3) is 0 Å². The first-order chi connectivity index (χ1) is 14.8. The number of ether oxygens (including phenoxy) is 2.